The van der Waals surface area contributed by atoms with E-state index in [1.807, 2.05) is 0 Å². The van der Waals surface area contributed by atoms with Gasteiger partial charge in [0.05, 0.1) is 0 Å². The molecule has 3 heterocycles. The van der Waals surface area contributed by atoms with Crippen molar-refractivity contribution in [3.05, 3.63) is 65.8 Å². The number of nitrogens with one attached hydrogen (secondary N) is 1. The van der Waals surface area contributed by atoms with Gasteiger partial charge < -0.3 is 14.4 Å². The average molecular weight is 395 g/mol. The van der Waals surface area contributed by atoms with E-state index in [-0.39, 0.29) is 12.5 Å². The molecule has 140 valence electrons. The number of amides is 1. The number of aryl methyl sites for hydroxylation is 1. The molecular weight excluding hydrogens is 380 g/mol. The highest BCUT2D eigenvalue weighted by Crippen LogP contribution is 2.21. The number of anilines is 1. The van der Waals surface area contributed by atoms with Crippen LogP contribution in [0.25, 0.3) is 23.0 Å². The molecule has 0 atom stereocenters. The van der Waals surface area contributed by atoms with Crippen molar-refractivity contribution in [3.8, 4) is 23.0 Å². The highest BCUT2D eigenvalue weighted by Gasteiger charge is 2.15. The molecule has 1 aromatic carbocycles. The molecule has 0 radical (unpaired) electrons. The van der Waals surface area contributed by atoms with E-state index >= 15 is 0 Å². The van der Waals surface area contributed by atoms with Crippen LogP contribution in [-0.4, -0.2) is 30.6 Å². The highest BCUT2D eigenvalue weighted by atomic mass is 35.5. The molecule has 4 rings (SSSR count). The van der Waals surface area contributed by atoms with Crippen molar-refractivity contribution in [2.24, 2.45) is 0 Å². The predicted molar refractivity (Wildman–Crippen MR) is 104 cm³/mol. The first-order valence-electron chi connectivity index (χ1n) is 8.42. The molecule has 0 aliphatic carbocycles. The number of halogens is 1. The molecule has 0 unspecified atom stereocenters. The summed E-state index contributed by atoms with van der Waals surface area (Å²) in [6, 6.07) is 10.5. The van der Waals surface area contributed by atoms with Gasteiger partial charge in [0.2, 0.25) is 11.7 Å². The van der Waals surface area contributed by atoms with Gasteiger partial charge in [-0.15, -0.1) is 0 Å². The summed E-state index contributed by atoms with van der Waals surface area (Å²) in [6.07, 6.45) is 5.02. The quantitative estimate of drug-likeness (QED) is 0.555. The number of benzene rings is 1. The molecule has 1 N–H and O–H groups in total. The second-order valence-electron chi connectivity index (χ2n) is 6.02. The maximum absolute atomic E-state index is 12.3. The van der Waals surface area contributed by atoms with Crippen molar-refractivity contribution in [1.82, 2.24) is 24.7 Å². The van der Waals surface area contributed by atoms with Crippen LogP contribution in [0.4, 0.5) is 5.69 Å². The summed E-state index contributed by atoms with van der Waals surface area (Å²) in [5, 5.41) is 7.34. The van der Waals surface area contributed by atoms with E-state index in [1.165, 1.54) is 0 Å². The standard InChI is InChI=1S/C19H15ClN6O2/c1-12-22-16(18-24-19(28-25-18)13-5-7-21-8-6-13)10-26(12)11-17(27)23-15-4-2-3-14(20)9-15/h2-10H,11H2,1H3,(H,23,27). The van der Waals surface area contributed by atoms with Crippen LogP contribution in [-0.2, 0) is 11.3 Å². The SMILES string of the molecule is Cc1nc(-c2noc(-c3ccncc3)n2)cn1CC(=O)Nc1cccc(Cl)c1. The van der Waals surface area contributed by atoms with Gasteiger partial charge in [0.25, 0.3) is 5.89 Å². The van der Waals surface area contributed by atoms with E-state index in [9.17, 15) is 4.79 Å². The van der Waals surface area contributed by atoms with Gasteiger partial charge in [-0.25, -0.2) is 4.98 Å². The van der Waals surface area contributed by atoms with Crippen LogP contribution in [0.3, 0.4) is 0 Å². The van der Waals surface area contributed by atoms with Crippen LogP contribution in [0.15, 0.2) is 59.5 Å². The van der Waals surface area contributed by atoms with Crippen LogP contribution >= 0.6 is 11.6 Å². The van der Waals surface area contributed by atoms with Gasteiger partial charge in [-0.1, -0.05) is 22.8 Å². The second kappa shape index (κ2) is 7.61. The normalized spacial score (nSPS) is 10.8. The summed E-state index contributed by atoms with van der Waals surface area (Å²) in [7, 11) is 0. The monoisotopic (exact) mass is 394 g/mol. The highest BCUT2D eigenvalue weighted by molar-refractivity contribution is 6.30. The average Bonchev–Trinajstić information content (AvgIpc) is 3.30. The minimum Gasteiger partial charge on any atom is -0.334 e. The fourth-order valence-corrected chi connectivity index (χ4v) is 2.83. The predicted octanol–water partition coefficient (Wildman–Crippen LogP) is 3.60. The van der Waals surface area contributed by atoms with Gasteiger partial charge in [0.15, 0.2) is 0 Å². The Kier molecular flexibility index (Phi) is 4.86. The maximum atomic E-state index is 12.3. The van der Waals surface area contributed by atoms with E-state index in [0.29, 0.717) is 33.9 Å². The van der Waals surface area contributed by atoms with Gasteiger partial charge in [-0.2, -0.15) is 4.98 Å². The van der Waals surface area contributed by atoms with Crippen LogP contribution in [0.5, 0.6) is 0 Å². The van der Waals surface area contributed by atoms with Crippen LogP contribution in [0.2, 0.25) is 5.02 Å². The molecule has 0 saturated carbocycles. The van der Waals surface area contributed by atoms with Crippen LogP contribution in [0.1, 0.15) is 5.82 Å². The number of aromatic nitrogens is 5. The lowest BCUT2D eigenvalue weighted by atomic mass is 10.3. The lowest BCUT2D eigenvalue weighted by Crippen LogP contribution is -2.19. The first-order valence-corrected chi connectivity index (χ1v) is 8.80. The minimum absolute atomic E-state index is 0.0976. The molecular formula is C19H15ClN6O2. The third-order valence-corrected chi connectivity index (χ3v) is 4.22. The zero-order valence-corrected chi connectivity index (χ0v) is 15.6. The first-order chi connectivity index (χ1) is 13.6. The smallest absolute Gasteiger partial charge is 0.258 e. The van der Waals surface area contributed by atoms with E-state index in [2.05, 4.69) is 25.4 Å². The summed E-state index contributed by atoms with van der Waals surface area (Å²) in [5.74, 6) is 1.19. The number of imidazole rings is 1. The molecule has 0 aliphatic heterocycles. The maximum Gasteiger partial charge on any atom is 0.258 e. The summed E-state index contributed by atoms with van der Waals surface area (Å²) in [5.41, 5.74) is 1.93. The fourth-order valence-electron chi connectivity index (χ4n) is 2.64. The molecule has 9 heteroatoms. The van der Waals surface area contributed by atoms with E-state index in [0.717, 1.165) is 5.56 Å². The largest absolute Gasteiger partial charge is 0.334 e. The number of nitrogens with zero attached hydrogens (tertiary/aromatic N) is 5. The molecule has 0 bridgehead atoms. The van der Waals surface area contributed by atoms with Crippen molar-refractivity contribution in [3.63, 3.8) is 0 Å². The number of carbonyl (C=O) groups excluding carboxylic acids is 1. The van der Waals surface area contributed by atoms with Crippen molar-refractivity contribution in [1.29, 1.82) is 0 Å². The number of pyridine rings is 1. The summed E-state index contributed by atoms with van der Waals surface area (Å²) < 4.78 is 7.02. The van der Waals surface area contributed by atoms with E-state index < -0.39 is 0 Å². The number of carbonyl (C=O) groups is 1. The van der Waals surface area contributed by atoms with Crippen molar-refractivity contribution in [2.45, 2.75) is 13.5 Å². The molecule has 4 aromatic rings. The minimum atomic E-state index is -0.195. The van der Waals surface area contributed by atoms with Crippen LogP contribution in [0, 0.1) is 6.92 Å². The first kappa shape index (κ1) is 17.9. The fraction of sp³-hybridized carbons (Fsp3) is 0.105. The number of hydrogen-bond acceptors (Lipinski definition) is 6. The third kappa shape index (κ3) is 3.91. The molecule has 8 nitrogen and oxygen atoms in total. The van der Waals surface area contributed by atoms with Gasteiger partial charge >= 0.3 is 0 Å². The van der Waals surface area contributed by atoms with Gasteiger partial charge in [0.1, 0.15) is 18.1 Å². The molecule has 0 aliphatic rings. The topological polar surface area (TPSA) is 98.7 Å². The van der Waals surface area contributed by atoms with Crippen molar-refractivity contribution in [2.75, 3.05) is 5.32 Å². The van der Waals surface area contributed by atoms with Gasteiger partial charge in [-0.3, -0.25) is 9.78 Å². The Balaban J connectivity index is 1.49. The molecule has 0 fully saturated rings. The summed E-state index contributed by atoms with van der Waals surface area (Å²) in [4.78, 5) is 25.1. The molecule has 0 saturated heterocycles. The third-order valence-electron chi connectivity index (χ3n) is 3.98. The summed E-state index contributed by atoms with van der Waals surface area (Å²) >= 11 is 5.94. The second-order valence-corrected chi connectivity index (χ2v) is 6.46. The van der Waals surface area contributed by atoms with Gasteiger partial charge in [-0.05, 0) is 37.3 Å². The number of hydrogen-bond donors (Lipinski definition) is 1. The summed E-state index contributed by atoms with van der Waals surface area (Å²) in [6.45, 7) is 1.90. The van der Waals surface area contributed by atoms with Crippen molar-refractivity contribution >= 4 is 23.2 Å². The Morgan fingerprint density at radius 3 is 2.82 bits per heavy atom. The molecule has 1 amide bonds. The van der Waals surface area contributed by atoms with E-state index in [4.69, 9.17) is 16.1 Å². The zero-order chi connectivity index (χ0) is 19.5. The Labute approximate surface area is 165 Å². The molecule has 3 aromatic heterocycles. The van der Waals surface area contributed by atoms with Gasteiger partial charge in [0, 0.05) is 34.9 Å². The Bertz CT molecular complexity index is 1120. The molecule has 28 heavy (non-hydrogen) atoms. The van der Waals surface area contributed by atoms with E-state index in [1.54, 1.807) is 66.5 Å². The molecule has 0 spiro atoms. The zero-order valence-electron chi connectivity index (χ0n) is 14.8. The number of rotatable bonds is 5. The Morgan fingerprint density at radius 1 is 1.21 bits per heavy atom. The van der Waals surface area contributed by atoms with Crippen molar-refractivity contribution < 1.29 is 9.32 Å². The Hall–Kier alpha value is -3.52. The lowest BCUT2D eigenvalue weighted by molar-refractivity contribution is -0.116. The Morgan fingerprint density at radius 2 is 2.04 bits per heavy atom. The lowest BCUT2D eigenvalue weighted by Gasteiger charge is -2.07. The van der Waals surface area contributed by atoms with Crippen LogP contribution < -0.4 is 5.32 Å².